The van der Waals surface area contributed by atoms with Gasteiger partial charge in [-0.1, -0.05) is 6.07 Å². The summed E-state index contributed by atoms with van der Waals surface area (Å²) in [5.41, 5.74) is 6.40. The molecule has 1 rings (SSSR count). The highest BCUT2D eigenvalue weighted by Gasteiger charge is 2.07. The van der Waals surface area contributed by atoms with E-state index in [-0.39, 0.29) is 18.3 Å². The molecule has 0 aromatic heterocycles. The molecule has 0 aliphatic rings. The number of nitrogens with one attached hydrogen (secondary N) is 1. The first-order chi connectivity index (χ1) is 8.02. The number of carbonyl (C=O) groups is 1. The zero-order valence-electron chi connectivity index (χ0n) is 10.2. The van der Waals surface area contributed by atoms with Crippen molar-refractivity contribution in [3.8, 4) is 0 Å². The van der Waals surface area contributed by atoms with Crippen LogP contribution in [0.15, 0.2) is 18.2 Å². The van der Waals surface area contributed by atoms with Crippen LogP contribution in [-0.4, -0.2) is 37.5 Å². The molecular formula is C12H18FN3O. The van der Waals surface area contributed by atoms with E-state index in [1.165, 1.54) is 6.07 Å². The van der Waals surface area contributed by atoms with Crippen LogP contribution in [0.4, 0.5) is 10.1 Å². The van der Waals surface area contributed by atoms with Gasteiger partial charge in [-0.25, -0.2) is 4.39 Å². The van der Waals surface area contributed by atoms with Gasteiger partial charge in [0.2, 0.25) is 5.91 Å². The van der Waals surface area contributed by atoms with Crippen molar-refractivity contribution in [2.24, 2.45) is 5.73 Å². The maximum absolute atomic E-state index is 13.2. The number of rotatable bonds is 5. The third kappa shape index (κ3) is 4.50. The number of benzene rings is 1. The molecule has 0 atom stereocenters. The minimum absolute atomic E-state index is 0.177. The number of amides is 1. The molecule has 94 valence electrons. The van der Waals surface area contributed by atoms with Crippen LogP contribution in [0.2, 0.25) is 0 Å². The number of nitrogens with zero attached hydrogens (tertiary/aromatic N) is 1. The Hall–Kier alpha value is -1.46. The third-order valence-corrected chi connectivity index (χ3v) is 2.38. The van der Waals surface area contributed by atoms with Crippen LogP contribution in [0.3, 0.4) is 0 Å². The number of likely N-dealkylation sites (N-methyl/N-ethyl adjacent to an activating group) is 1. The van der Waals surface area contributed by atoms with Gasteiger partial charge in [0.05, 0.1) is 6.54 Å². The summed E-state index contributed by atoms with van der Waals surface area (Å²) in [4.78, 5) is 13.4. The van der Waals surface area contributed by atoms with E-state index in [4.69, 9.17) is 5.73 Å². The first-order valence-electron chi connectivity index (χ1n) is 5.47. The maximum Gasteiger partial charge on any atom is 0.238 e. The summed E-state index contributed by atoms with van der Waals surface area (Å²) in [6.45, 7) is 3.07. The fourth-order valence-electron chi connectivity index (χ4n) is 1.42. The topological polar surface area (TPSA) is 58.4 Å². The summed E-state index contributed by atoms with van der Waals surface area (Å²) >= 11 is 0. The Kier molecular flexibility index (Phi) is 5.06. The van der Waals surface area contributed by atoms with Gasteiger partial charge in [-0.05, 0) is 31.7 Å². The summed E-state index contributed by atoms with van der Waals surface area (Å²) in [6.07, 6.45) is 0. The lowest BCUT2D eigenvalue weighted by Crippen LogP contribution is -2.33. The van der Waals surface area contributed by atoms with E-state index in [0.29, 0.717) is 24.3 Å². The summed E-state index contributed by atoms with van der Waals surface area (Å²) < 4.78 is 13.2. The van der Waals surface area contributed by atoms with E-state index in [9.17, 15) is 9.18 Å². The van der Waals surface area contributed by atoms with Crippen molar-refractivity contribution < 1.29 is 9.18 Å². The standard InChI is InChI=1S/C12H18FN3O/c1-9-3-4-10(7-11(9)13)15-12(17)8-16(2)6-5-14/h3-4,7H,5-6,8,14H2,1-2H3,(H,15,17). The second-order valence-electron chi connectivity index (χ2n) is 4.04. The number of carbonyl (C=O) groups excluding carboxylic acids is 1. The Morgan fingerprint density at radius 1 is 1.53 bits per heavy atom. The van der Waals surface area contributed by atoms with E-state index in [0.717, 1.165) is 0 Å². The van der Waals surface area contributed by atoms with Crippen LogP contribution in [0.5, 0.6) is 0 Å². The quantitative estimate of drug-likeness (QED) is 0.804. The van der Waals surface area contributed by atoms with Gasteiger partial charge in [-0.3, -0.25) is 9.69 Å². The van der Waals surface area contributed by atoms with Crippen molar-refractivity contribution in [2.75, 3.05) is 32.0 Å². The second-order valence-corrected chi connectivity index (χ2v) is 4.04. The zero-order chi connectivity index (χ0) is 12.8. The largest absolute Gasteiger partial charge is 0.329 e. The van der Waals surface area contributed by atoms with Crippen molar-refractivity contribution in [3.63, 3.8) is 0 Å². The predicted octanol–water partition coefficient (Wildman–Crippen LogP) is 0.963. The van der Waals surface area contributed by atoms with E-state index in [1.807, 2.05) is 7.05 Å². The summed E-state index contributed by atoms with van der Waals surface area (Å²) in [7, 11) is 1.81. The zero-order valence-corrected chi connectivity index (χ0v) is 10.2. The molecule has 0 unspecified atom stereocenters. The lowest BCUT2D eigenvalue weighted by molar-refractivity contribution is -0.117. The number of hydrogen-bond acceptors (Lipinski definition) is 3. The molecule has 0 aliphatic carbocycles. The van der Waals surface area contributed by atoms with E-state index < -0.39 is 0 Å². The molecule has 0 aliphatic heterocycles. The Balaban J connectivity index is 2.53. The van der Waals surface area contributed by atoms with Crippen LogP contribution >= 0.6 is 0 Å². The molecular weight excluding hydrogens is 221 g/mol. The predicted molar refractivity (Wildman–Crippen MR) is 66.3 cm³/mol. The number of aryl methyl sites for hydroxylation is 1. The second kappa shape index (κ2) is 6.32. The van der Waals surface area contributed by atoms with Crippen molar-refractivity contribution in [3.05, 3.63) is 29.6 Å². The van der Waals surface area contributed by atoms with Crippen molar-refractivity contribution in [1.29, 1.82) is 0 Å². The van der Waals surface area contributed by atoms with Crippen molar-refractivity contribution >= 4 is 11.6 Å². The fourth-order valence-corrected chi connectivity index (χ4v) is 1.42. The molecule has 1 aromatic carbocycles. The van der Waals surface area contributed by atoms with Gasteiger partial charge in [0, 0.05) is 18.8 Å². The minimum Gasteiger partial charge on any atom is -0.329 e. The molecule has 3 N–H and O–H groups in total. The summed E-state index contributed by atoms with van der Waals surface area (Å²) in [5, 5.41) is 2.64. The van der Waals surface area contributed by atoms with Crippen molar-refractivity contribution in [2.45, 2.75) is 6.92 Å². The Morgan fingerprint density at radius 3 is 2.82 bits per heavy atom. The van der Waals surface area contributed by atoms with Crippen LogP contribution in [0.1, 0.15) is 5.56 Å². The van der Waals surface area contributed by atoms with Gasteiger partial charge in [-0.15, -0.1) is 0 Å². The Labute approximate surface area is 101 Å². The third-order valence-electron chi connectivity index (χ3n) is 2.38. The van der Waals surface area contributed by atoms with Crippen LogP contribution < -0.4 is 11.1 Å². The van der Waals surface area contributed by atoms with Crippen LogP contribution in [0, 0.1) is 12.7 Å². The molecule has 4 nitrogen and oxygen atoms in total. The fraction of sp³-hybridized carbons (Fsp3) is 0.417. The molecule has 0 fully saturated rings. The molecule has 0 heterocycles. The van der Waals surface area contributed by atoms with Crippen LogP contribution in [-0.2, 0) is 4.79 Å². The molecule has 5 heteroatoms. The van der Waals surface area contributed by atoms with E-state index in [1.54, 1.807) is 24.0 Å². The smallest absolute Gasteiger partial charge is 0.238 e. The molecule has 0 bridgehead atoms. The summed E-state index contributed by atoms with van der Waals surface area (Å²) in [6, 6.07) is 4.63. The highest BCUT2D eigenvalue weighted by Crippen LogP contribution is 2.13. The molecule has 0 saturated heterocycles. The van der Waals surface area contributed by atoms with E-state index >= 15 is 0 Å². The van der Waals surface area contributed by atoms with Gasteiger partial charge in [-0.2, -0.15) is 0 Å². The molecule has 0 spiro atoms. The monoisotopic (exact) mass is 239 g/mol. The van der Waals surface area contributed by atoms with Gasteiger partial charge in [0.15, 0.2) is 0 Å². The molecule has 0 saturated carbocycles. The highest BCUT2D eigenvalue weighted by atomic mass is 19.1. The lowest BCUT2D eigenvalue weighted by Gasteiger charge is -2.14. The Bertz CT molecular complexity index is 395. The average molecular weight is 239 g/mol. The first kappa shape index (κ1) is 13.6. The van der Waals surface area contributed by atoms with Crippen molar-refractivity contribution in [1.82, 2.24) is 4.90 Å². The molecule has 0 radical (unpaired) electrons. The molecule has 1 amide bonds. The van der Waals surface area contributed by atoms with Gasteiger partial charge in [0.25, 0.3) is 0 Å². The minimum atomic E-state index is -0.321. The van der Waals surface area contributed by atoms with Gasteiger partial charge >= 0.3 is 0 Å². The van der Waals surface area contributed by atoms with E-state index in [2.05, 4.69) is 5.32 Å². The van der Waals surface area contributed by atoms with Gasteiger partial charge < -0.3 is 11.1 Å². The van der Waals surface area contributed by atoms with Gasteiger partial charge in [0.1, 0.15) is 5.82 Å². The number of hydrogen-bond donors (Lipinski definition) is 2. The first-order valence-corrected chi connectivity index (χ1v) is 5.47. The number of anilines is 1. The molecule has 1 aromatic rings. The van der Waals surface area contributed by atoms with Crippen LogP contribution in [0.25, 0.3) is 0 Å². The highest BCUT2D eigenvalue weighted by molar-refractivity contribution is 5.92. The average Bonchev–Trinajstić information content (AvgIpc) is 2.23. The number of nitrogens with two attached hydrogens (primary N) is 1. The molecule has 17 heavy (non-hydrogen) atoms. The normalized spacial score (nSPS) is 10.6. The maximum atomic E-state index is 13.2. The Morgan fingerprint density at radius 2 is 2.24 bits per heavy atom. The summed E-state index contributed by atoms with van der Waals surface area (Å²) in [5.74, 6) is -0.498. The number of halogens is 1. The SMILES string of the molecule is Cc1ccc(NC(=O)CN(C)CCN)cc1F. The lowest BCUT2D eigenvalue weighted by atomic mass is 10.2.